The van der Waals surface area contributed by atoms with Crippen molar-refractivity contribution in [2.24, 2.45) is 0 Å². The van der Waals surface area contributed by atoms with E-state index in [2.05, 4.69) is 16.7 Å². The van der Waals surface area contributed by atoms with Gasteiger partial charge in [0.1, 0.15) is 0 Å². The Labute approximate surface area is 158 Å². The quantitative estimate of drug-likeness (QED) is 0.522. The van der Waals surface area contributed by atoms with E-state index in [1.165, 1.54) is 11.3 Å². The molecule has 0 saturated heterocycles. The number of carbonyl (C=O) groups is 1. The zero-order valence-corrected chi connectivity index (χ0v) is 15.7. The van der Waals surface area contributed by atoms with Gasteiger partial charge >= 0.3 is 0 Å². The lowest BCUT2D eigenvalue weighted by atomic mass is 10.2. The van der Waals surface area contributed by atoms with Gasteiger partial charge in [-0.15, -0.1) is 29.3 Å². The van der Waals surface area contributed by atoms with Crippen molar-refractivity contribution in [2.75, 3.05) is 6.54 Å². The summed E-state index contributed by atoms with van der Waals surface area (Å²) < 4.78 is 5.96. The van der Waals surface area contributed by atoms with Gasteiger partial charge in [0.15, 0.2) is 0 Å². The summed E-state index contributed by atoms with van der Waals surface area (Å²) in [7, 11) is 0. The Morgan fingerprint density at radius 2 is 2.28 bits per heavy atom. The predicted octanol–water partition coefficient (Wildman–Crippen LogP) is 4.66. The maximum Gasteiger partial charge on any atom is 0.227 e. The van der Waals surface area contributed by atoms with Crippen LogP contribution in [-0.4, -0.2) is 27.5 Å². The monoisotopic (exact) mass is 393 g/mol. The van der Waals surface area contributed by atoms with Gasteiger partial charge in [-0.05, 0) is 23.6 Å². The fourth-order valence-corrected chi connectivity index (χ4v) is 4.02. The molecule has 0 radical (unpaired) electrons. The van der Waals surface area contributed by atoms with Crippen molar-refractivity contribution in [1.29, 1.82) is 0 Å². The second kappa shape index (κ2) is 8.42. The molecule has 0 aliphatic heterocycles. The van der Waals surface area contributed by atoms with Crippen LogP contribution < -0.4 is 0 Å². The van der Waals surface area contributed by atoms with Crippen LogP contribution in [0, 0.1) is 0 Å². The van der Waals surface area contributed by atoms with Gasteiger partial charge in [-0.25, -0.2) is 0 Å². The van der Waals surface area contributed by atoms with Crippen molar-refractivity contribution < 1.29 is 9.32 Å². The number of aromatic nitrogens is 2. The number of amides is 1. The molecule has 0 bridgehead atoms. The molecule has 3 aromatic rings. The van der Waals surface area contributed by atoms with E-state index in [1.807, 2.05) is 29.6 Å². The summed E-state index contributed by atoms with van der Waals surface area (Å²) in [6.45, 7) is 4.73. The minimum Gasteiger partial charge on any atom is -0.339 e. The van der Waals surface area contributed by atoms with E-state index < -0.39 is 0 Å². The van der Waals surface area contributed by atoms with Crippen molar-refractivity contribution in [3.8, 4) is 10.7 Å². The third-order valence-corrected chi connectivity index (χ3v) is 5.52. The molecule has 0 aliphatic rings. The van der Waals surface area contributed by atoms with Crippen LogP contribution in [0.2, 0.25) is 4.34 Å². The van der Waals surface area contributed by atoms with Crippen molar-refractivity contribution >= 4 is 40.2 Å². The first kappa shape index (κ1) is 17.8. The molecule has 5 nitrogen and oxygen atoms in total. The number of rotatable bonds is 8. The van der Waals surface area contributed by atoms with Gasteiger partial charge in [0.2, 0.25) is 17.6 Å². The highest BCUT2D eigenvalue weighted by Gasteiger charge is 2.16. The number of thiophene rings is 2. The summed E-state index contributed by atoms with van der Waals surface area (Å²) in [6.07, 6.45) is 2.43. The van der Waals surface area contributed by atoms with Gasteiger partial charge in [-0.2, -0.15) is 4.98 Å². The van der Waals surface area contributed by atoms with Crippen molar-refractivity contribution in [3.05, 3.63) is 57.4 Å². The van der Waals surface area contributed by atoms with Gasteiger partial charge in [0, 0.05) is 24.3 Å². The van der Waals surface area contributed by atoms with Gasteiger partial charge in [-0.3, -0.25) is 4.79 Å². The van der Waals surface area contributed by atoms with Crippen LogP contribution in [0.3, 0.4) is 0 Å². The highest BCUT2D eigenvalue weighted by atomic mass is 35.5. The highest BCUT2D eigenvalue weighted by molar-refractivity contribution is 7.16. The number of carbonyl (C=O) groups excluding carboxylic acids is 1. The molecule has 0 unspecified atom stereocenters. The molecule has 0 atom stereocenters. The zero-order valence-electron chi connectivity index (χ0n) is 13.4. The van der Waals surface area contributed by atoms with Gasteiger partial charge in [-0.1, -0.05) is 28.9 Å². The molecule has 1 amide bonds. The molecule has 0 saturated carbocycles. The Bertz CT molecular complexity index is 842. The average molecular weight is 394 g/mol. The molecule has 25 heavy (non-hydrogen) atoms. The number of hydrogen-bond acceptors (Lipinski definition) is 6. The van der Waals surface area contributed by atoms with Gasteiger partial charge < -0.3 is 9.42 Å². The van der Waals surface area contributed by atoms with E-state index in [0.717, 1.165) is 9.75 Å². The number of halogens is 1. The van der Waals surface area contributed by atoms with Gasteiger partial charge in [0.05, 0.1) is 15.8 Å². The lowest BCUT2D eigenvalue weighted by Gasteiger charge is -2.20. The molecule has 3 aromatic heterocycles. The van der Waals surface area contributed by atoms with Crippen molar-refractivity contribution in [1.82, 2.24) is 15.0 Å². The molecule has 0 spiro atoms. The minimum atomic E-state index is 0.0142. The Kier molecular flexibility index (Phi) is 6.01. The molecule has 8 heteroatoms. The van der Waals surface area contributed by atoms with Crippen LogP contribution in [0.25, 0.3) is 10.7 Å². The summed E-state index contributed by atoms with van der Waals surface area (Å²) in [5.41, 5.74) is 0. The predicted molar refractivity (Wildman–Crippen MR) is 101 cm³/mol. The van der Waals surface area contributed by atoms with Crippen LogP contribution in [-0.2, 0) is 17.8 Å². The first-order chi connectivity index (χ1) is 12.2. The van der Waals surface area contributed by atoms with E-state index >= 15 is 0 Å². The molecular weight excluding hydrogens is 378 g/mol. The van der Waals surface area contributed by atoms with Crippen LogP contribution >= 0.6 is 34.3 Å². The SMILES string of the molecule is C=CCN(Cc1ccc(Cl)s1)C(=O)CCc1nc(-c2cccs2)no1. The first-order valence-corrected chi connectivity index (χ1v) is 9.72. The summed E-state index contributed by atoms with van der Waals surface area (Å²) in [5, 5.41) is 5.92. The molecule has 0 aromatic carbocycles. The zero-order chi connectivity index (χ0) is 17.6. The molecule has 0 N–H and O–H groups in total. The lowest BCUT2D eigenvalue weighted by molar-refractivity contribution is -0.131. The van der Waals surface area contributed by atoms with Crippen LogP contribution in [0.1, 0.15) is 17.2 Å². The van der Waals surface area contributed by atoms with E-state index in [9.17, 15) is 4.79 Å². The third kappa shape index (κ3) is 4.78. The summed E-state index contributed by atoms with van der Waals surface area (Å²) in [6, 6.07) is 7.64. The van der Waals surface area contributed by atoms with Gasteiger partial charge in [0.25, 0.3) is 0 Å². The third-order valence-electron chi connectivity index (χ3n) is 3.44. The minimum absolute atomic E-state index is 0.0142. The van der Waals surface area contributed by atoms with Crippen molar-refractivity contribution in [3.63, 3.8) is 0 Å². The van der Waals surface area contributed by atoms with Crippen LogP contribution in [0.15, 0.2) is 46.8 Å². The number of nitrogens with zero attached hydrogens (tertiary/aromatic N) is 3. The summed E-state index contributed by atoms with van der Waals surface area (Å²) in [5.74, 6) is 1.04. The number of hydrogen-bond donors (Lipinski definition) is 0. The summed E-state index contributed by atoms with van der Waals surface area (Å²) >= 11 is 8.98. The fraction of sp³-hybridized carbons (Fsp3) is 0.235. The first-order valence-electron chi connectivity index (χ1n) is 7.65. The molecule has 0 fully saturated rings. The van der Waals surface area contributed by atoms with E-state index in [0.29, 0.717) is 42.0 Å². The van der Waals surface area contributed by atoms with E-state index in [-0.39, 0.29) is 5.91 Å². The molecule has 3 heterocycles. The van der Waals surface area contributed by atoms with E-state index in [4.69, 9.17) is 16.1 Å². The Morgan fingerprint density at radius 3 is 2.96 bits per heavy atom. The lowest BCUT2D eigenvalue weighted by Crippen LogP contribution is -2.30. The Morgan fingerprint density at radius 1 is 1.40 bits per heavy atom. The maximum absolute atomic E-state index is 12.5. The molecule has 3 rings (SSSR count). The second-order valence-corrected chi connectivity index (χ2v) is 8.01. The molecule has 130 valence electrons. The van der Waals surface area contributed by atoms with E-state index in [1.54, 1.807) is 22.3 Å². The van der Waals surface area contributed by atoms with Crippen LogP contribution in [0.5, 0.6) is 0 Å². The Balaban J connectivity index is 1.58. The second-order valence-electron chi connectivity index (χ2n) is 5.26. The maximum atomic E-state index is 12.5. The molecule has 0 aliphatic carbocycles. The van der Waals surface area contributed by atoms with Crippen molar-refractivity contribution in [2.45, 2.75) is 19.4 Å². The number of aryl methyl sites for hydroxylation is 1. The fourth-order valence-electron chi connectivity index (χ4n) is 2.27. The topological polar surface area (TPSA) is 59.2 Å². The largest absolute Gasteiger partial charge is 0.339 e. The smallest absolute Gasteiger partial charge is 0.227 e. The van der Waals surface area contributed by atoms with Crippen LogP contribution in [0.4, 0.5) is 0 Å². The average Bonchev–Trinajstić information content (AvgIpc) is 3.33. The normalized spacial score (nSPS) is 10.8. The standard InChI is InChI=1S/C17H16ClN3O2S2/c1-2-9-21(11-12-5-6-14(18)25-12)16(22)8-7-15-19-17(20-23-15)13-4-3-10-24-13/h2-6,10H,1,7-9,11H2. The highest BCUT2D eigenvalue weighted by Crippen LogP contribution is 2.24. The Hall–Kier alpha value is -1.96. The molecular formula is C17H16ClN3O2S2. The summed E-state index contributed by atoms with van der Waals surface area (Å²) in [4.78, 5) is 20.6.